The third kappa shape index (κ3) is 4.46. The van der Waals surface area contributed by atoms with E-state index in [0.717, 1.165) is 24.5 Å². The summed E-state index contributed by atoms with van der Waals surface area (Å²) in [6, 6.07) is 14.3. The molecular formula is C17H23N3O. The van der Waals surface area contributed by atoms with Crippen LogP contribution in [0.2, 0.25) is 0 Å². The Morgan fingerprint density at radius 1 is 1.10 bits per heavy atom. The molecule has 112 valence electrons. The fourth-order valence-electron chi connectivity index (χ4n) is 2.15. The first kappa shape index (κ1) is 15.3. The van der Waals surface area contributed by atoms with Crippen molar-refractivity contribution in [1.82, 2.24) is 9.88 Å². The second-order valence-electron chi connectivity index (χ2n) is 5.41. The largest absolute Gasteiger partial charge is 0.481 e. The summed E-state index contributed by atoms with van der Waals surface area (Å²) in [5, 5.41) is 0. The van der Waals surface area contributed by atoms with Crippen LogP contribution in [-0.4, -0.2) is 23.0 Å². The third-order valence-electron chi connectivity index (χ3n) is 3.45. The number of methoxy groups -OCH3 is 1. The molecule has 0 unspecified atom stereocenters. The number of ether oxygens (including phenoxy) is 1. The summed E-state index contributed by atoms with van der Waals surface area (Å²) in [6.07, 6.45) is 0. The first-order valence-electron chi connectivity index (χ1n) is 7.17. The number of rotatable bonds is 6. The van der Waals surface area contributed by atoms with E-state index in [-0.39, 0.29) is 0 Å². The number of aromatic nitrogens is 1. The lowest BCUT2D eigenvalue weighted by molar-refractivity contribution is 0.200. The zero-order valence-corrected chi connectivity index (χ0v) is 12.9. The Hall–Kier alpha value is -2.07. The molecule has 0 amide bonds. The maximum atomic E-state index is 5.74. The molecule has 2 N–H and O–H groups in total. The Bertz CT molecular complexity index is 567. The molecule has 1 aromatic carbocycles. The van der Waals surface area contributed by atoms with Gasteiger partial charge in [-0.05, 0) is 37.6 Å². The van der Waals surface area contributed by atoms with Crippen LogP contribution in [-0.2, 0) is 13.1 Å². The van der Waals surface area contributed by atoms with Crippen molar-refractivity contribution in [2.24, 2.45) is 0 Å². The van der Waals surface area contributed by atoms with E-state index >= 15 is 0 Å². The van der Waals surface area contributed by atoms with Gasteiger partial charge in [-0.3, -0.25) is 4.90 Å². The number of nitrogens with zero attached hydrogens (tertiary/aromatic N) is 2. The molecule has 2 rings (SSSR count). The topological polar surface area (TPSA) is 51.4 Å². The van der Waals surface area contributed by atoms with Gasteiger partial charge in [0.2, 0.25) is 5.88 Å². The summed E-state index contributed by atoms with van der Waals surface area (Å²) in [5.74, 6) is 0.656. The predicted octanol–water partition coefficient (Wildman–Crippen LogP) is 3.08. The van der Waals surface area contributed by atoms with Gasteiger partial charge < -0.3 is 10.5 Å². The van der Waals surface area contributed by atoms with E-state index < -0.39 is 0 Å². The van der Waals surface area contributed by atoms with Gasteiger partial charge >= 0.3 is 0 Å². The SMILES string of the molecule is COc1cccc(CN(Cc2ccc(N)cc2)C(C)C)n1. The summed E-state index contributed by atoms with van der Waals surface area (Å²) in [5.41, 5.74) is 8.79. The van der Waals surface area contributed by atoms with Crippen LogP contribution in [0, 0.1) is 0 Å². The molecular weight excluding hydrogens is 262 g/mol. The minimum Gasteiger partial charge on any atom is -0.481 e. The van der Waals surface area contributed by atoms with Crippen molar-refractivity contribution in [3.63, 3.8) is 0 Å². The Kier molecular flexibility index (Phi) is 5.17. The van der Waals surface area contributed by atoms with Gasteiger partial charge in [0.15, 0.2) is 0 Å². The van der Waals surface area contributed by atoms with Crippen molar-refractivity contribution >= 4 is 5.69 Å². The van der Waals surface area contributed by atoms with Crippen molar-refractivity contribution in [2.45, 2.75) is 33.0 Å². The molecule has 0 saturated carbocycles. The molecule has 21 heavy (non-hydrogen) atoms. The minimum absolute atomic E-state index is 0.426. The monoisotopic (exact) mass is 285 g/mol. The zero-order chi connectivity index (χ0) is 15.2. The smallest absolute Gasteiger partial charge is 0.213 e. The lowest BCUT2D eigenvalue weighted by Gasteiger charge is -2.26. The molecule has 0 bridgehead atoms. The van der Waals surface area contributed by atoms with Crippen LogP contribution >= 0.6 is 0 Å². The van der Waals surface area contributed by atoms with E-state index in [9.17, 15) is 0 Å². The second-order valence-corrected chi connectivity index (χ2v) is 5.41. The van der Waals surface area contributed by atoms with Crippen molar-refractivity contribution in [2.75, 3.05) is 12.8 Å². The first-order valence-corrected chi connectivity index (χ1v) is 7.17. The van der Waals surface area contributed by atoms with E-state index in [2.05, 4.69) is 35.9 Å². The fourth-order valence-corrected chi connectivity index (χ4v) is 2.15. The van der Waals surface area contributed by atoms with Gasteiger partial charge in [0.05, 0.1) is 12.8 Å². The van der Waals surface area contributed by atoms with Crippen molar-refractivity contribution in [3.05, 3.63) is 53.7 Å². The molecule has 0 atom stereocenters. The van der Waals surface area contributed by atoms with Gasteiger partial charge in [-0.2, -0.15) is 0 Å². The molecule has 0 aliphatic carbocycles. The van der Waals surface area contributed by atoms with Crippen LogP contribution in [0.4, 0.5) is 5.69 Å². The summed E-state index contributed by atoms with van der Waals surface area (Å²) in [4.78, 5) is 6.85. The number of anilines is 1. The maximum Gasteiger partial charge on any atom is 0.213 e. The van der Waals surface area contributed by atoms with E-state index in [4.69, 9.17) is 10.5 Å². The van der Waals surface area contributed by atoms with Crippen LogP contribution in [0.3, 0.4) is 0 Å². The highest BCUT2D eigenvalue weighted by Crippen LogP contribution is 2.15. The van der Waals surface area contributed by atoms with E-state index in [1.165, 1.54) is 5.56 Å². The van der Waals surface area contributed by atoms with Crippen LogP contribution in [0.15, 0.2) is 42.5 Å². The van der Waals surface area contributed by atoms with Crippen LogP contribution in [0.5, 0.6) is 5.88 Å². The standard InChI is InChI=1S/C17H23N3O/c1-13(2)20(11-14-7-9-15(18)10-8-14)12-16-5-4-6-17(19-16)21-3/h4-10,13H,11-12,18H2,1-3H3. The lowest BCUT2D eigenvalue weighted by Crippen LogP contribution is -2.30. The zero-order valence-electron chi connectivity index (χ0n) is 12.9. The van der Waals surface area contributed by atoms with Gasteiger partial charge in [-0.25, -0.2) is 4.98 Å². The number of nitrogen functional groups attached to an aromatic ring is 1. The summed E-state index contributed by atoms with van der Waals surface area (Å²) in [6.45, 7) is 6.05. The van der Waals surface area contributed by atoms with Crippen molar-refractivity contribution in [1.29, 1.82) is 0 Å². The number of pyridine rings is 1. The van der Waals surface area contributed by atoms with Gasteiger partial charge in [-0.1, -0.05) is 18.2 Å². The van der Waals surface area contributed by atoms with Gasteiger partial charge in [0.25, 0.3) is 0 Å². The number of hydrogen-bond acceptors (Lipinski definition) is 4. The number of nitrogens with two attached hydrogens (primary N) is 1. The Labute approximate surface area is 126 Å². The van der Waals surface area contributed by atoms with E-state index in [1.54, 1.807) is 7.11 Å². The second kappa shape index (κ2) is 7.09. The Balaban J connectivity index is 2.09. The fraction of sp³-hybridized carbons (Fsp3) is 0.353. The third-order valence-corrected chi connectivity index (χ3v) is 3.45. The molecule has 0 spiro atoms. The summed E-state index contributed by atoms with van der Waals surface area (Å²) < 4.78 is 5.18. The Morgan fingerprint density at radius 2 is 1.81 bits per heavy atom. The molecule has 4 nitrogen and oxygen atoms in total. The molecule has 0 fully saturated rings. The van der Waals surface area contributed by atoms with E-state index in [1.807, 2.05) is 30.3 Å². The molecule has 1 aromatic heterocycles. The quantitative estimate of drug-likeness (QED) is 0.829. The average Bonchev–Trinajstić information content (AvgIpc) is 2.49. The maximum absolute atomic E-state index is 5.74. The molecule has 2 aromatic rings. The molecule has 4 heteroatoms. The minimum atomic E-state index is 0.426. The summed E-state index contributed by atoms with van der Waals surface area (Å²) in [7, 11) is 1.64. The van der Waals surface area contributed by atoms with Crippen molar-refractivity contribution < 1.29 is 4.74 Å². The number of benzene rings is 1. The highest BCUT2D eigenvalue weighted by Gasteiger charge is 2.12. The number of hydrogen-bond donors (Lipinski definition) is 1. The molecule has 0 radical (unpaired) electrons. The molecule has 1 heterocycles. The normalized spacial score (nSPS) is 11.1. The average molecular weight is 285 g/mol. The van der Waals surface area contributed by atoms with Gasteiger partial charge in [-0.15, -0.1) is 0 Å². The molecule has 0 saturated heterocycles. The molecule has 0 aliphatic rings. The van der Waals surface area contributed by atoms with E-state index in [0.29, 0.717) is 11.9 Å². The lowest BCUT2D eigenvalue weighted by atomic mass is 10.1. The van der Waals surface area contributed by atoms with Crippen LogP contribution in [0.25, 0.3) is 0 Å². The van der Waals surface area contributed by atoms with Gasteiger partial charge in [0, 0.05) is 30.9 Å². The van der Waals surface area contributed by atoms with Crippen molar-refractivity contribution in [3.8, 4) is 5.88 Å². The highest BCUT2D eigenvalue weighted by atomic mass is 16.5. The summed E-state index contributed by atoms with van der Waals surface area (Å²) >= 11 is 0. The molecule has 0 aliphatic heterocycles. The van der Waals surface area contributed by atoms with Crippen LogP contribution in [0.1, 0.15) is 25.1 Å². The highest BCUT2D eigenvalue weighted by molar-refractivity contribution is 5.39. The van der Waals surface area contributed by atoms with Gasteiger partial charge in [0.1, 0.15) is 0 Å². The first-order chi connectivity index (χ1) is 10.1. The predicted molar refractivity (Wildman–Crippen MR) is 86.0 cm³/mol. The Morgan fingerprint density at radius 3 is 2.43 bits per heavy atom. The van der Waals surface area contributed by atoms with Crippen LogP contribution < -0.4 is 10.5 Å².